The molecular weight excluding hydrogens is 122 g/mol. The van der Waals surface area contributed by atoms with E-state index in [4.69, 9.17) is 0 Å². The Morgan fingerprint density at radius 3 is 2.90 bits per heavy atom. The van der Waals surface area contributed by atoms with Gasteiger partial charge in [-0.15, -0.1) is 6.58 Å². The highest BCUT2D eigenvalue weighted by atomic mass is 15.0. The standard InChI is InChI=1S/C9H17N/c1-3-4-5-9-7-6-8(2)10-9/h3,8-10H,1,4-7H2,2H3. The van der Waals surface area contributed by atoms with Crippen LogP contribution < -0.4 is 5.32 Å². The maximum atomic E-state index is 3.71. The summed E-state index contributed by atoms with van der Waals surface area (Å²) in [4.78, 5) is 0. The lowest BCUT2D eigenvalue weighted by Crippen LogP contribution is -2.26. The fourth-order valence-electron chi connectivity index (χ4n) is 1.57. The third-order valence-electron chi connectivity index (χ3n) is 2.19. The van der Waals surface area contributed by atoms with Gasteiger partial charge in [0.15, 0.2) is 0 Å². The highest BCUT2D eigenvalue weighted by Gasteiger charge is 2.18. The third-order valence-corrected chi connectivity index (χ3v) is 2.19. The molecule has 0 spiro atoms. The van der Waals surface area contributed by atoms with Crippen LogP contribution >= 0.6 is 0 Å². The monoisotopic (exact) mass is 139 g/mol. The Labute approximate surface area is 63.5 Å². The SMILES string of the molecule is C=CCCC1CCC(C)N1. The molecule has 1 aliphatic heterocycles. The van der Waals surface area contributed by atoms with Crippen molar-refractivity contribution < 1.29 is 0 Å². The van der Waals surface area contributed by atoms with Crippen molar-refractivity contribution in [1.82, 2.24) is 5.32 Å². The van der Waals surface area contributed by atoms with E-state index in [1.807, 2.05) is 6.08 Å². The number of hydrogen-bond donors (Lipinski definition) is 1. The van der Waals surface area contributed by atoms with E-state index in [2.05, 4.69) is 18.8 Å². The lowest BCUT2D eigenvalue weighted by atomic mass is 10.1. The van der Waals surface area contributed by atoms with Crippen LogP contribution in [-0.2, 0) is 0 Å². The molecule has 10 heavy (non-hydrogen) atoms. The normalized spacial score (nSPS) is 32.5. The zero-order valence-corrected chi connectivity index (χ0v) is 6.77. The Morgan fingerprint density at radius 2 is 2.40 bits per heavy atom. The minimum Gasteiger partial charge on any atom is -0.311 e. The molecule has 1 heteroatoms. The van der Waals surface area contributed by atoms with E-state index in [1.54, 1.807) is 0 Å². The van der Waals surface area contributed by atoms with Crippen molar-refractivity contribution in [2.45, 2.75) is 44.7 Å². The maximum Gasteiger partial charge on any atom is 0.00730 e. The summed E-state index contributed by atoms with van der Waals surface area (Å²) in [7, 11) is 0. The van der Waals surface area contributed by atoms with E-state index in [9.17, 15) is 0 Å². The first-order valence-corrected chi connectivity index (χ1v) is 4.20. The summed E-state index contributed by atoms with van der Waals surface area (Å²) in [5, 5.41) is 3.54. The molecule has 0 aromatic rings. The van der Waals surface area contributed by atoms with Crippen molar-refractivity contribution in [3.05, 3.63) is 12.7 Å². The quantitative estimate of drug-likeness (QED) is 0.590. The highest BCUT2D eigenvalue weighted by Crippen LogP contribution is 2.15. The van der Waals surface area contributed by atoms with E-state index in [-0.39, 0.29) is 0 Å². The zero-order chi connectivity index (χ0) is 7.40. The molecule has 0 radical (unpaired) electrons. The van der Waals surface area contributed by atoms with Crippen LogP contribution in [0.4, 0.5) is 0 Å². The van der Waals surface area contributed by atoms with Gasteiger partial charge < -0.3 is 5.32 Å². The molecule has 2 atom stereocenters. The summed E-state index contributed by atoms with van der Waals surface area (Å²) in [5.74, 6) is 0. The van der Waals surface area contributed by atoms with Gasteiger partial charge in [0, 0.05) is 12.1 Å². The Bertz CT molecular complexity index is 109. The molecule has 0 aromatic carbocycles. The molecule has 1 rings (SSSR count). The number of rotatable bonds is 3. The smallest absolute Gasteiger partial charge is 0.00730 e. The second-order valence-corrected chi connectivity index (χ2v) is 3.21. The molecule has 58 valence electrons. The van der Waals surface area contributed by atoms with Crippen molar-refractivity contribution in [2.75, 3.05) is 0 Å². The highest BCUT2D eigenvalue weighted by molar-refractivity contribution is 4.82. The van der Waals surface area contributed by atoms with Crippen LogP contribution in [0.1, 0.15) is 32.6 Å². The maximum absolute atomic E-state index is 3.71. The first-order valence-electron chi connectivity index (χ1n) is 4.20. The Balaban J connectivity index is 2.12. The van der Waals surface area contributed by atoms with E-state index in [0.29, 0.717) is 0 Å². The summed E-state index contributed by atoms with van der Waals surface area (Å²) in [6.07, 6.45) is 7.14. The molecule has 1 nitrogen and oxygen atoms in total. The van der Waals surface area contributed by atoms with E-state index >= 15 is 0 Å². The fourth-order valence-corrected chi connectivity index (χ4v) is 1.57. The van der Waals surface area contributed by atoms with Crippen LogP contribution in [0.2, 0.25) is 0 Å². The molecule has 1 fully saturated rings. The Morgan fingerprint density at radius 1 is 1.60 bits per heavy atom. The Hall–Kier alpha value is -0.300. The zero-order valence-electron chi connectivity index (χ0n) is 6.77. The van der Waals surface area contributed by atoms with Crippen LogP contribution in [-0.4, -0.2) is 12.1 Å². The van der Waals surface area contributed by atoms with Crippen molar-refractivity contribution in [2.24, 2.45) is 0 Å². The van der Waals surface area contributed by atoms with Gasteiger partial charge in [-0.1, -0.05) is 6.08 Å². The predicted molar refractivity (Wildman–Crippen MR) is 45.1 cm³/mol. The van der Waals surface area contributed by atoms with Gasteiger partial charge in [0.05, 0.1) is 0 Å². The van der Waals surface area contributed by atoms with Gasteiger partial charge in [-0.2, -0.15) is 0 Å². The Kier molecular flexibility index (Phi) is 2.94. The summed E-state index contributed by atoms with van der Waals surface area (Å²) in [6.45, 7) is 5.97. The summed E-state index contributed by atoms with van der Waals surface area (Å²) >= 11 is 0. The second kappa shape index (κ2) is 3.77. The van der Waals surface area contributed by atoms with Gasteiger partial charge >= 0.3 is 0 Å². The first kappa shape index (κ1) is 7.80. The molecule has 0 bridgehead atoms. The average Bonchev–Trinajstić information content (AvgIpc) is 2.31. The molecule has 0 aliphatic carbocycles. The molecular formula is C9H17N. The summed E-state index contributed by atoms with van der Waals surface area (Å²) in [5.41, 5.74) is 0. The second-order valence-electron chi connectivity index (χ2n) is 3.21. The van der Waals surface area contributed by atoms with Crippen molar-refractivity contribution >= 4 is 0 Å². The molecule has 1 heterocycles. The van der Waals surface area contributed by atoms with Crippen LogP contribution in [0.25, 0.3) is 0 Å². The van der Waals surface area contributed by atoms with E-state index in [1.165, 1.54) is 19.3 Å². The molecule has 1 saturated heterocycles. The topological polar surface area (TPSA) is 12.0 Å². The van der Waals surface area contributed by atoms with Crippen LogP contribution in [0.3, 0.4) is 0 Å². The molecule has 1 N–H and O–H groups in total. The van der Waals surface area contributed by atoms with Crippen molar-refractivity contribution in [1.29, 1.82) is 0 Å². The van der Waals surface area contributed by atoms with E-state index in [0.717, 1.165) is 18.5 Å². The van der Waals surface area contributed by atoms with Gasteiger partial charge in [-0.25, -0.2) is 0 Å². The number of allylic oxidation sites excluding steroid dienone is 1. The number of hydrogen-bond acceptors (Lipinski definition) is 1. The van der Waals surface area contributed by atoms with Gasteiger partial charge in [0.2, 0.25) is 0 Å². The fraction of sp³-hybridized carbons (Fsp3) is 0.778. The van der Waals surface area contributed by atoms with Gasteiger partial charge in [0.25, 0.3) is 0 Å². The summed E-state index contributed by atoms with van der Waals surface area (Å²) in [6, 6.07) is 1.52. The van der Waals surface area contributed by atoms with Gasteiger partial charge in [-0.05, 0) is 32.6 Å². The molecule has 0 amide bonds. The van der Waals surface area contributed by atoms with Gasteiger partial charge in [-0.3, -0.25) is 0 Å². The lowest BCUT2D eigenvalue weighted by Gasteiger charge is -2.08. The summed E-state index contributed by atoms with van der Waals surface area (Å²) < 4.78 is 0. The minimum atomic E-state index is 0.745. The molecule has 2 unspecified atom stereocenters. The van der Waals surface area contributed by atoms with Crippen LogP contribution in [0, 0.1) is 0 Å². The largest absolute Gasteiger partial charge is 0.311 e. The lowest BCUT2D eigenvalue weighted by molar-refractivity contribution is 0.531. The first-order chi connectivity index (χ1) is 4.83. The minimum absolute atomic E-state index is 0.745. The predicted octanol–water partition coefficient (Wildman–Crippen LogP) is 2.09. The van der Waals surface area contributed by atoms with Crippen LogP contribution in [0.15, 0.2) is 12.7 Å². The average molecular weight is 139 g/mol. The van der Waals surface area contributed by atoms with Crippen LogP contribution in [0.5, 0.6) is 0 Å². The van der Waals surface area contributed by atoms with E-state index < -0.39 is 0 Å². The third kappa shape index (κ3) is 2.14. The molecule has 0 aromatic heterocycles. The molecule has 1 aliphatic rings. The number of nitrogens with one attached hydrogen (secondary N) is 1. The van der Waals surface area contributed by atoms with Crippen molar-refractivity contribution in [3.8, 4) is 0 Å². The van der Waals surface area contributed by atoms with Gasteiger partial charge in [0.1, 0.15) is 0 Å². The molecule has 0 saturated carbocycles. The van der Waals surface area contributed by atoms with Crippen molar-refractivity contribution in [3.63, 3.8) is 0 Å².